The smallest absolute Gasteiger partial charge is 0.0830 e. The van der Waals surface area contributed by atoms with E-state index in [4.69, 9.17) is 21.2 Å². The van der Waals surface area contributed by atoms with Crippen LogP contribution in [0.5, 0.6) is 0 Å². The first-order valence-corrected chi connectivity index (χ1v) is 5.68. The first-order chi connectivity index (χ1) is 12.4. The van der Waals surface area contributed by atoms with Crippen LogP contribution in [0.25, 0.3) is 11.3 Å². The predicted molar refractivity (Wildman–Crippen MR) is 76.5 cm³/mol. The molecule has 0 aliphatic carbocycles. The van der Waals surface area contributed by atoms with Crippen LogP contribution in [0.2, 0.25) is 0 Å². The van der Waals surface area contributed by atoms with Crippen molar-refractivity contribution in [1.29, 1.82) is 0 Å². The second-order valence-corrected chi connectivity index (χ2v) is 3.88. The van der Waals surface area contributed by atoms with Crippen molar-refractivity contribution in [2.24, 2.45) is 0 Å². The van der Waals surface area contributed by atoms with Crippen LogP contribution < -0.4 is 0 Å². The molecule has 2 aromatic rings. The largest absolute Gasteiger partial charge is 0.393 e. The Hall–Kier alpha value is -1.06. The van der Waals surface area contributed by atoms with Crippen LogP contribution in [0.4, 0.5) is 0 Å². The average Bonchev–Trinajstić information content (AvgIpc) is 2.57. The van der Waals surface area contributed by atoms with E-state index in [1.807, 2.05) is 0 Å². The minimum Gasteiger partial charge on any atom is -0.393 e. The van der Waals surface area contributed by atoms with Crippen LogP contribution in [0, 0.1) is 6.07 Å². The maximum Gasteiger partial charge on any atom is 0.0830 e. The molecule has 1 heterocycles. The number of aliphatic hydroxyl groups excluding tert-OH is 2. The second-order valence-electron chi connectivity index (χ2n) is 3.88. The Morgan fingerprint density at radius 2 is 1.80 bits per heavy atom. The fraction of sp³-hybridized carbons (Fsp3) is 0.312. The molecule has 20 heavy (non-hydrogen) atoms. The van der Waals surface area contributed by atoms with Gasteiger partial charge < -0.3 is 15.2 Å². The van der Waals surface area contributed by atoms with Crippen LogP contribution in [0.15, 0.2) is 48.5 Å². The van der Waals surface area contributed by atoms with Gasteiger partial charge in [-0.25, -0.2) is 0 Å². The van der Waals surface area contributed by atoms with Crippen LogP contribution in [-0.4, -0.2) is 27.4 Å². The summed E-state index contributed by atoms with van der Waals surface area (Å²) in [5.74, 6) is 0. The number of aliphatic hydroxyl groups is 2. The number of hydrogen-bond donors (Lipinski definition) is 2. The van der Waals surface area contributed by atoms with E-state index in [2.05, 4.69) is 11.1 Å². The monoisotopic (exact) mass is 459 g/mol. The molecule has 2 N–H and O–H groups in total. The zero-order chi connectivity index (χ0) is 21.0. The molecule has 0 fully saturated rings. The van der Waals surface area contributed by atoms with E-state index >= 15 is 0 Å². The number of pyridine rings is 1. The Labute approximate surface area is 145 Å². The first-order valence-electron chi connectivity index (χ1n) is 9.68. The molecule has 3 nitrogen and oxygen atoms in total. The van der Waals surface area contributed by atoms with Gasteiger partial charge in [-0.3, -0.25) is 0 Å². The van der Waals surface area contributed by atoms with Crippen molar-refractivity contribution in [1.82, 2.24) is 4.98 Å². The number of benzene rings is 1. The van der Waals surface area contributed by atoms with Crippen molar-refractivity contribution in [2.45, 2.75) is 32.5 Å². The molecule has 1 aromatic heterocycles. The quantitative estimate of drug-likeness (QED) is 0.696. The molecule has 0 bridgehead atoms. The van der Waals surface area contributed by atoms with Gasteiger partial charge in [0.15, 0.2) is 0 Å². The summed E-state index contributed by atoms with van der Waals surface area (Å²) in [5.41, 5.74) is -0.425. The summed E-state index contributed by atoms with van der Waals surface area (Å²) >= 11 is 0. The first kappa shape index (κ1) is 9.06. The van der Waals surface area contributed by atoms with E-state index in [-0.39, 0.29) is 43.6 Å². The summed E-state index contributed by atoms with van der Waals surface area (Å²) < 4.78 is 60.4. The molecule has 1 aromatic carbocycles. The molecule has 0 saturated carbocycles. The summed E-state index contributed by atoms with van der Waals surface area (Å²) in [7, 11) is 0. The van der Waals surface area contributed by atoms with E-state index in [1.165, 1.54) is 0 Å². The second kappa shape index (κ2) is 10.7. The van der Waals surface area contributed by atoms with Crippen LogP contribution in [0.3, 0.4) is 0 Å². The van der Waals surface area contributed by atoms with Gasteiger partial charge in [0.2, 0.25) is 0 Å². The normalized spacial score (nSPS) is 18.0. The molecular formula is C16H20IrNO2-. The molecule has 111 valence electrons. The van der Waals surface area contributed by atoms with E-state index in [0.29, 0.717) is 6.42 Å². The summed E-state index contributed by atoms with van der Waals surface area (Å²) in [6, 6.07) is -0.925. The van der Waals surface area contributed by atoms with Crippen LogP contribution in [0.1, 0.15) is 31.2 Å². The Kier molecular flexibility index (Phi) is 4.84. The van der Waals surface area contributed by atoms with E-state index in [0.717, 1.165) is 0 Å². The van der Waals surface area contributed by atoms with Crippen molar-refractivity contribution < 1.29 is 41.3 Å². The third kappa shape index (κ3) is 8.18. The maximum absolute atomic E-state index is 8.56. The van der Waals surface area contributed by atoms with Crippen molar-refractivity contribution >= 4 is 0 Å². The van der Waals surface area contributed by atoms with Gasteiger partial charge in [0.1, 0.15) is 0 Å². The predicted octanol–water partition coefficient (Wildman–Crippen LogP) is 2.68. The zero-order valence-corrected chi connectivity index (χ0v) is 13.4. The molecule has 2 rings (SSSR count). The van der Waals surface area contributed by atoms with E-state index < -0.39 is 48.5 Å². The summed E-state index contributed by atoms with van der Waals surface area (Å²) in [6.07, 6.45) is -0.804. The van der Waals surface area contributed by atoms with Crippen molar-refractivity contribution in [3.05, 3.63) is 54.5 Å². The Morgan fingerprint density at radius 1 is 1.15 bits per heavy atom. The fourth-order valence-corrected chi connectivity index (χ4v) is 1.21. The standard InChI is InChI=1S/C11H8N.C5H12O2.Ir/c1-2-6-10(7-3-1)11-8-4-5-9-12-11;1-4(6)3-5(2)7;/h1-6,8-9H;4-7H,3H2,1-2H3;/q-1;;/i1D,2D,3D,4D,5D,6D,8D,9D;;. The third-order valence-electron chi connectivity index (χ3n) is 1.89. The minimum atomic E-state index is -0.526. The molecule has 0 amide bonds. The van der Waals surface area contributed by atoms with Crippen LogP contribution >= 0.6 is 0 Å². The van der Waals surface area contributed by atoms with Gasteiger partial charge in [-0.15, -0.1) is 35.8 Å². The Morgan fingerprint density at radius 3 is 2.40 bits per heavy atom. The fourth-order valence-electron chi connectivity index (χ4n) is 1.21. The van der Waals surface area contributed by atoms with Gasteiger partial charge in [-0.2, -0.15) is 0 Å². The SMILES string of the molecule is CC(O)CC(C)O.[2H]c1[c-]c(-c2nc([2H])c([2H])c([2H])c2[2H])c([2H])c([2H])c1[2H].[Ir]. The van der Waals surface area contributed by atoms with Gasteiger partial charge in [-0.1, -0.05) is 12.1 Å². The Bertz CT molecular complexity index is 766. The number of aromatic nitrogens is 1. The molecule has 2 unspecified atom stereocenters. The van der Waals surface area contributed by atoms with Gasteiger partial charge in [0.05, 0.1) is 17.7 Å². The molecule has 1 radical (unpaired) electrons. The van der Waals surface area contributed by atoms with Gasteiger partial charge >= 0.3 is 0 Å². The molecule has 0 aliphatic heterocycles. The maximum atomic E-state index is 8.56. The minimum absolute atomic E-state index is 0. The zero-order valence-electron chi connectivity index (χ0n) is 19.0. The van der Waals surface area contributed by atoms with Gasteiger partial charge in [0, 0.05) is 29.0 Å². The summed E-state index contributed by atoms with van der Waals surface area (Å²) in [4.78, 5) is 3.67. The summed E-state index contributed by atoms with van der Waals surface area (Å²) in [5, 5.41) is 17.1. The average molecular weight is 459 g/mol. The van der Waals surface area contributed by atoms with Crippen molar-refractivity contribution in [2.75, 3.05) is 0 Å². The molecule has 2 atom stereocenters. The van der Waals surface area contributed by atoms with Gasteiger partial charge in [0.25, 0.3) is 0 Å². The molecule has 0 saturated heterocycles. The van der Waals surface area contributed by atoms with Crippen molar-refractivity contribution in [3.63, 3.8) is 0 Å². The molecule has 0 aliphatic rings. The summed E-state index contributed by atoms with van der Waals surface area (Å²) in [6.45, 7) is 3.32. The van der Waals surface area contributed by atoms with E-state index in [9.17, 15) is 0 Å². The van der Waals surface area contributed by atoms with Gasteiger partial charge in [-0.05, 0) is 34.7 Å². The van der Waals surface area contributed by atoms with Crippen LogP contribution in [-0.2, 0) is 20.1 Å². The van der Waals surface area contributed by atoms with Crippen molar-refractivity contribution in [3.8, 4) is 11.3 Å². The number of nitrogens with zero attached hydrogens (tertiary/aromatic N) is 1. The molecule has 0 spiro atoms. The molecule has 4 heteroatoms. The Balaban J connectivity index is 0.000000786. The number of rotatable bonds is 3. The molecular weight excluding hydrogens is 430 g/mol. The third-order valence-corrected chi connectivity index (χ3v) is 1.89. The number of hydrogen-bond acceptors (Lipinski definition) is 3. The topological polar surface area (TPSA) is 53.4 Å². The van der Waals surface area contributed by atoms with E-state index in [1.54, 1.807) is 13.8 Å².